The minimum atomic E-state index is 0.514. The van der Waals surface area contributed by atoms with Crippen molar-refractivity contribution in [3.8, 4) is 5.75 Å². The number of rotatable bonds is 4. The summed E-state index contributed by atoms with van der Waals surface area (Å²) in [6.07, 6.45) is 1.79. The van der Waals surface area contributed by atoms with Crippen LogP contribution >= 0.6 is 15.9 Å². The molecule has 0 radical (unpaired) electrons. The topological polar surface area (TPSA) is 22.1 Å². The van der Waals surface area contributed by atoms with E-state index in [4.69, 9.17) is 4.74 Å². The largest absolute Gasteiger partial charge is 0.487 e. The van der Waals surface area contributed by atoms with Crippen LogP contribution in [0.4, 0.5) is 0 Å². The van der Waals surface area contributed by atoms with E-state index in [-0.39, 0.29) is 0 Å². The Morgan fingerprint density at radius 3 is 2.59 bits per heavy atom. The van der Waals surface area contributed by atoms with Crippen LogP contribution in [-0.2, 0) is 11.9 Å². The number of benzene rings is 1. The molecule has 0 aliphatic carbocycles. The van der Waals surface area contributed by atoms with Crippen molar-refractivity contribution in [3.63, 3.8) is 0 Å². The Bertz CT molecular complexity index is 482. The second-order valence-corrected chi connectivity index (χ2v) is 4.39. The number of halogens is 1. The van der Waals surface area contributed by atoms with Crippen LogP contribution in [0.5, 0.6) is 5.75 Å². The molecule has 0 saturated heterocycles. The lowest BCUT2D eigenvalue weighted by molar-refractivity contribution is 0.300. The van der Waals surface area contributed by atoms with Crippen molar-refractivity contribution >= 4 is 15.9 Å². The number of hydrogen-bond donors (Lipinski definition) is 0. The van der Waals surface area contributed by atoms with E-state index in [1.807, 2.05) is 31.2 Å². The molecule has 2 rings (SSSR count). The molecule has 0 aliphatic heterocycles. The summed E-state index contributed by atoms with van der Waals surface area (Å²) in [5, 5.41) is 0.868. The number of ether oxygens (including phenoxy) is 1. The summed E-state index contributed by atoms with van der Waals surface area (Å²) < 4.78 is 5.69. The number of alkyl halides is 1. The molecule has 0 amide bonds. The fraction of sp³-hybridized carbons (Fsp3) is 0.214. The number of pyridine rings is 1. The van der Waals surface area contributed by atoms with Gasteiger partial charge in [-0.3, -0.25) is 4.98 Å². The minimum Gasteiger partial charge on any atom is -0.487 e. The van der Waals surface area contributed by atoms with E-state index < -0.39 is 0 Å². The first kappa shape index (κ1) is 12.1. The lowest BCUT2D eigenvalue weighted by Gasteiger charge is -2.07. The molecular weight excluding hydrogens is 278 g/mol. The highest BCUT2D eigenvalue weighted by Crippen LogP contribution is 2.16. The number of hydrogen-bond acceptors (Lipinski definition) is 2. The van der Waals surface area contributed by atoms with E-state index in [0.29, 0.717) is 6.61 Å². The van der Waals surface area contributed by atoms with E-state index >= 15 is 0 Å². The highest BCUT2D eigenvalue weighted by molar-refractivity contribution is 9.08. The van der Waals surface area contributed by atoms with Crippen LogP contribution < -0.4 is 4.74 Å². The molecule has 0 bridgehead atoms. The highest BCUT2D eigenvalue weighted by Gasteiger charge is 2.00. The van der Waals surface area contributed by atoms with Crippen LogP contribution in [0, 0.1) is 6.92 Å². The van der Waals surface area contributed by atoms with Crippen LogP contribution in [0.2, 0.25) is 0 Å². The van der Waals surface area contributed by atoms with Crippen LogP contribution in [0.25, 0.3) is 0 Å². The van der Waals surface area contributed by atoms with Crippen LogP contribution in [-0.4, -0.2) is 4.98 Å². The Hall–Kier alpha value is -1.35. The molecule has 88 valence electrons. The van der Waals surface area contributed by atoms with Gasteiger partial charge in [-0.05, 0) is 36.2 Å². The molecule has 0 fully saturated rings. The standard InChI is InChI=1S/C14H14BrNO/c1-11-3-2-8-16-14(11)10-17-13-6-4-12(9-15)5-7-13/h2-8H,9-10H2,1H3. The van der Waals surface area contributed by atoms with E-state index in [2.05, 4.69) is 33.0 Å². The maximum Gasteiger partial charge on any atom is 0.130 e. The monoisotopic (exact) mass is 291 g/mol. The Morgan fingerprint density at radius 2 is 1.94 bits per heavy atom. The zero-order valence-electron chi connectivity index (χ0n) is 9.69. The van der Waals surface area contributed by atoms with Crippen molar-refractivity contribution < 1.29 is 4.74 Å². The van der Waals surface area contributed by atoms with Crippen molar-refractivity contribution in [1.29, 1.82) is 0 Å². The molecule has 17 heavy (non-hydrogen) atoms. The molecule has 0 N–H and O–H groups in total. The normalized spacial score (nSPS) is 10.2. The van der Waals surface area contributed by atoms with Crippen LogP contribution in [0.3, 0.4) is 0 Å². The third kappa shape index (κ3) is 3.30. The Balaban J connectivity index is 2.00. The molecule has 1 heterocycles. The lowest BCUT2D eigenvalue weighted by Crippen LogP contribution is -2.00. The summed E-state index contributed by atoms with van der Waals surface area (Å²) in [5.41, 5.74) is 3.38. The van der Waals surface area contributed by atoms with E-state index in [9.17, 15) is 0 Å². The van der Waals surface area contributed by atoms with Gasteiger partial charge in [0.25, 0.3) is 0 Å². The first-order chi connectivity index (χ1) is 8.29. The van der Waals surface area contributed by atoms with Crippen LogP contribution in [0.1, 0.15) is 16.8 Å². The molecule has 3 heteroatoms. The summed E-state index contributed by atoms with van der Waals surface area (Å²) in [5.74, 6) is 0.875. The molecule has 1 aromatic carbocycles. The summed E-state index contributed by atoms with van der Waals surface area (Å²) >= 11 is 3.42. The van der Waals surface area contributed by atoms with Gasteiger partial charge in [-0.2, -0.15) is 0 Å². The Labute approximate surface area is 110 Å². The van der Waals surface area contributed by atoms with Gasteiger partial charge in [-0.1, -0.05) is 34.1 Å². The summed E-state index contributed by atoms with van der Waals surface area (Å²) in [4.78, 5) is 4.29. The van der Waals surface area contributed by atoms with E-state index in [0.717, 1.165) is 22.3 Å². The van der Waals surface area contributed by atoms with Gasteiger partial charge in [0.15, 0.2) is 0 Å². The third-order valence-corrected chi connectivity index (χ3v) is 3.22. The van der Waals surface area contributed by atoms with Crippen molar-refractivity contribution in [3.05, 3.63) is 59.4 Å². The molecule has 1 aromatic heterocycles. The summed E-state index contributed by atoms with van der Waals surface area (Å²) in [6.45, 7) is 2.56. The zero-order chi connectivity index (χ0) is 12.1. The second kappa shape index (κ2) is 5.82. The fourth-order valence-electron chi connectivity index (χ4n) is 1.50. The number of aromatic nitrogens is 1. The van der Waals surface area contributed by atoms with E-state index in [1.165, 1.54) is 5.56 Å². The molecule has 2 aromatic rings. The third-order valence-electron chi connectivity index (χ3n) is 2.57. The summed E-state index contributed by atoms with van der Waals surface area (Å²) in [7, 11) is 0. The SMILES string of the molecule is Cc1cccnc1COc1ccc(CBr)cc1. The number of aryl methyl sites for hydroxylation is 1. The molecule has 0 saturated carbocycles. The Kier molecular flexibility index (Phi) is 4.15. The van der Waals surface area contributed by atoms with Crippen molar-refractivity contribution in [1.82, 2.24) is 4.98 Å². The van der Waals surface area contributed by atoms with Crippen molar-refractivity contribution in [2.75, 3.05) is 0 Å². The molecule has 0 spiro atoms. The average Bonchev–Trinajstić information content (AvgIpc) is 2.38. The Morgan fingerprint density at radius 1 is 1.18 bits per heavy atom. The highest BCUT2D eigenvalue weighted by atomic mass is 79.9. The molecule has 0 unspecified atom stereocenters. The molecular formula is C14H14BrNO. The van der Waals surface area contributed by atoms with Gasteiger partial charge in [-0.25, -0.2) is 0 Å². The predicted molar refractivity (Wildman–Crippen MR) is 72.4 cm³/mol. The number of nitrogens with zero attached hydrogens (tertiary/aromatic N) is 1. The van der Waals surface area contributed by atoms with Gasteiger partial charge in [0.05, 0.1) is 5.69 Å². The smallest absolute Gasteiger partial charge is 0.130 e. The van der Waals surface area contributed by atoms with Crippen molar-refractivity contribution in [2.24, 2.45) is 0 Å². The fourth-order valence-corrected chi connectivity index (χ4v) is 1.87. The van der Waals surface area contributed by atoms with E-state index in [1.54, 1.807) is 6.20 Å². The van der Waals surface area contributed by atoms with Gasteiger partial charge < -0.3 is 4.74 Å². The van der Waals surface area contributed by atoms with Gasteiger partial charge in [0.1, 0.15) is 12.4 Å². The lowest BCUT2D eigenvalue weighted by atomic mass is 10.2. The minimum absolute atomic E-state index is 0.514. The first-order valence-electron chi connectivity index (χ1n) is 5.48. The summed E-state index contributed by atoms with van der Waals surface area (Å²) in [6, 6.07) is 12.0. The van der Waals surface area contributed by atoms with Gasteiger partial charge in [0, 0.05) is 11.5 Å². The second-order valence-electron chi connectivity index (χ2n) is 3.83. The van der Waals surface area contributed by atoms with Crippen LogP contribution in [0.15, 0.2) is 42.6 Å². The predicted octanol–water partition coefficient (Wildman–Crippen LogP) is 3.86. The molecule has 0 atom stereocenters. The quantitative estimate of drug-likeness (QED) is 0.798. The van der Waals surface area contributed by atoms with Gasteiger partial charge in [-0.15, -0.1) is 0 Å². The molecule has 0 aliphatic rings. The maximum atomic E-state index is 5.69. The van der Waals surface area contributed by atoms with Gasteiger partial charge >= 0.3 is 0 Å². The molecule has 2 nitrogen and oxygen atoms in total. The average molecular weight is 292 g/mol. The zero-order valence-corrected chi connectivity index (χ0v) is 11.3. The van der Waals surface area contributed by atoms with Crippen molar-refractivity contribution in [2.45, 2.75) is 18.9 Å². The van der Waals surface area contributed by atoms with Gasteiger partial charge in [0.2, 0.25) is 0 Å². The maximum absolute atomic E-state index is 5.69. The first-order valence-corrected chi connectivity index (χ1v) is 6.60.